The molecular weight excluding hydrogens is 316 g/mol. The second kappa shape index (κ2) is 10.1. The average molecular weight is 341 g/mol. The molecule has 2 aromatic rings. The van der Waals surface area contributed by atoms with E-state index in [0.717, 1.165) is 34.9 Å². The first-order valence-corrected chi connectivity index (χ1v) is 7.75. The van der Waals surface area contributed by atoms with Gasteiger partial charge in [0, 0.05) is 24.7 Å². The first-order chi connectivity index (χ1) is 10.7. The minimum atomic E-state index is 0. The van der Waals surface area contributed by atoms with Crippen molar-refractivity contribution in [3.05, 3.63) is 41.3 Å². The average Bonchev–Trinajstić information content (AvgIpc) is 2.92. The third-order valence-corrected chi connectivity index (χ3v) is 3.11. The van der Waals surface area contributed by atoms with E-state index in [1.54, 1.807) is 0 Å². The summed E-state index contributed by atoms with van der Waals surface area (Å²) in [6, 6.07) is 7.91. The topological polar surface area (TPSA) is 56.5 Å². The normalized spacial score (nSPS) is 10.2. The van der Waals surface area contributed by atoms with Gasteiger partial charge in [-0.15, -0.1) is 12.4 Å². The van der Waals surface area contributed by atoms with Gasteiger partial charge in [0.2, 0.25) is 0 Å². The first-order valence-electron chi connectivity index (χ1n) is 7.75. The smallest absolute Gasteiger partial charge is 0.165 e. The van der Waals surface area contributed by atoms with Crippen LogP contribution < -0.4 is 14.8 Å². The molecule has 0 amide bonds. The molecule has 0 atom stereocenters. The lowest BCUT2D eigenvalue weighted by atomic mass is 10.1. The van der Waals surface area contributed by atoms with Crippen LogP contribution in [0.15, 0.2) is 28.8 Å². The van der Waals surface area contributed by atoms with Crippen LogP contribution in [0.4, 0.5) is 0 Å². The number of ether oxygens (including phenoxy) is 2. The Morgan fingerprint density at radius 3 is 2.65 bits per heavy atom. The van der Waals surface area contributed by atoms with Crippen LogP contribution in [0.3, 0.4) is 0 Å². The summed E-state index contributed by atoms with van der Waals surface area (Å²) in [6.07, 6.45) is 0.964. The Morgan fingerprint density at radius 2 is 2.00 bits per heavy atom. The molecule has 5 nitrogen and oxygen atoms in total. The van der Waals surface area contributed by atoms with E-state index in [9.17, 15) is 0 Å². The van der Waals surface area contributed by atoms with E-state index in [0.29, 0.717) is 26.3 Å². The monoisotopic (exact) mass is 340 g/mol. The number of aromatic nitrogens is 1. The van der Waals surface area contributed by atoms with Crippen molar-refractivity contribution in [2.75, 3.05) is 13.2 Å². The molecule has 128 valence electrons. The van der Waals surface area contributed by atoms with E-state index < -0.39 is 0 Å². The molecule has 0 fully saturated rings. The predicted octanol–water partition coefficient (Wildman–Crippen LogP) is 3.88. The van der Waals surface area contributed by atoms with Gasteiger partial charge in [-0.3, -0.25) is 0 Å². The predicted molar refractivity (Wildman–Crippen MR) is 92.4 cm³/mol. The van der Waals surface area contributed by atoms with Gasteiger partial charge in [0.05, 0.1) is 18.9 Å². The Labute approximate surface area is 143 Å². The zero-order valence-corrected chi connectivity index (χ0v) is 14.7. The van der Waals surface area contributed by atoms with Crippen molar-refractivity contribution in [2.24, 2.45) is 0 Å². The standard InChI is InChI=1S/C17H24N2O3.ClH/c1-4-9-21-17-14(7-6-8-16(17)20-5-2)11-18-12-15-10-13(3)22-19-15;/h6-8,10,18H,4-5,9,11-12H2,1-3H3;1H. The summed E-state index contributed by atoms with van der Waals surface area (Å²) in [6.45, 7) is 8.60. The number of aryl methyl sites for hydroxylation is 1. The van der Waals surface area contributed by atoms with Gasteiger partial charge in [0.25, 0.3) is 0 Å². The molecule has 1 N–H and O–H groups in total. The number of halogens is 1. The van der Waals surface area contributed by atoms with Crippen molar-refractivity contribution in [1.29, 1.82) is 0 Å². The first kappa shape index (κ1) is 19.3. The lowest BCUT2D eigenvalue weighted by Crippen LogP contribution is -2.14. The number of hydrogen-bond donors (Lipinski definition) is 1. The van der Waals surface area contributed by atoms with Crippen LogP contribution in [0.1, 0.15) is 37.3 Å². The van der Waals surface area contributed by atoms with E-state index in [2.05, 4.69) is 23.5 Å². The van der Waals surface area contributed by atoms with Crippen molar-refractivity contribution in [2.45, 2.75) is 40.3 Å². The third-order valence-electron chi connectivity index (χ3n) is 3.11. The Balaban J connectivity index is 0.00000264. The summed E-state index contributed by atoms with van der Waals surface area (Å²) in [5.41, 5.74) is 1.98. The number of rotatable bonds is 9. The molecule has 1 aromatic carbocycles. The van der Waals surface area contributed by atoms with Crippen LogP contribution in [-0.4, -0.2) is 18.4 Å². The number of nitrogens with zero attached hydrogens (tertiary/aromatic N) is 1. The maximum atomic E-state index is 5.88. The number of benzene rings is 1. The van der Waals surface area contributed by atoms with E-state index in [-0.39, 0.29) is 12.4 Å². The summed E-state index contributed by atoms with van der Waals surface area (Å²) >= 11 is 0. The van der Waals surface area contributed by atoms with Gasteiger partial charge in [-0.25, -0.2) is 0 Å². The Hall–Kier alpha value is -1.72. The molecule has 1 aromatic heterocycles. The molecule has 0 aliphatic rings. The van der Waals surface area contributed by atoms with Crippen molar-refractivity contribution < 1.29 is 14.0 Å². The number of hydrogen-bond acceptors (Lipinski definition) is 5. The molecule has 0 aliphatic carbocycles. The number of para-hydroxylation sites is 1. The summed E-state index contributed by atoms with van der Waals surface area (Å²) in [5, 5.41) is 7.33. The largest absolute Gasteiger partial charge is 0.490 e. The molecule has 0 bridgehead atoms. The summed E-state index contributed by atoms with van der Waals surface area (Å²) in [5.74, 6) is 2.45. The van der Waals surface area contributed by atoms with Crippen molar-refractivity contribution in [3.63, 3.8) is 0 Å². The van der Waals surface area contributed by atoms with Crippen LogP contribution in [-0.2, 0) is 13.1 Å². The van der Waals surface area contributed by atoms with Crippen LogP contribution in [0, 0.1) is 6.92 Å². The second-order valence-electron chi connectivity index (χ2n) is 5.06. The van der Waals surface area contributed by atoms with Crippen molar-refractivity contribution >= 4 is 12.4 Å². The van der Waals surface area contributed by atoms with Gasteiger partial charge in [-0.1, -0.05) is 24.2 Å². The molecule has 0 saturated carbocycles. The van der Waals surface area contributed by atoms with Gasteiger partial charge in [0.15, 0.2) is 11.5 Å². The molecule has 0 aliphatic heterocycles. The maximum absolute atomic E-state index is 5.88. The summed E-state index contributed by atoms with van der Waals surface area (Å²) in [4.78, 5) is 0. The number of nitrogens with one attached hydrogen (secondary N) is 1. The van der Waals surface area contributed by atoms with Crippen molar-refractivity contribution in [3.8, 4) is 11.5 Å². The highest BCUT2D eigenvalue weighted by molar-refractivity contribution is 5.85. The summed E-state index contributed by atoms with van der Waals surface area (Å²) < 4.78 is 16.6. The third kappa shape index (κ3) is 5.77. The zero-order chi connectivity index (χ0) is 15.8. The lowest BCUT2D eigenvalue weighted by Gasteiger charge is -2.15. The van der Waals surface area contributed by atoms with E-state index in [1.807, 2.05) is 32.0 Å². The van der Waals surface area contributed by atoms with Gasteiger partial charge >= 0.3 is 0 Å². The molecule has 1 heterocycles. The van der Waals surface area contributed by atoms with Gasteiger partial charge < -0.3 is 19.3 Å². The molecule has 23 heavy (non-hydrogen) atoms. The SMILES string of the molecule is CCCOc1c(CNCc2cc(C)on2)cccc1OCC.Cl. The molecular formula is C17H25ClN2O3. The molecule has 0 saturated heterocycles. The fourth-order valence-electron chi connectivity index (χ4n) is 2.16. The Morgan fingerprint density at radius 1 is 1.17 bits per heavy atom. The van der Waals surface area contributed by atoms with Crippen LogP contribution in [0.5, 0.6) is 11.5 Å². The van der Waals surface area contributed by atoms with Gasteiger partial charge in [-0.2, -0.15) is 0 Å². The fourth-order valence-corrected chi connectivity index (χ4v) is 2.16. The van der Waals surface area contributed by atoms with E-state index in [4.69, 9.17) is 14.0 Å². The van der Waals surface area contributed by atoms with Gasteiger partial charge in [-0.05, 0) is 26.3 Å². The maximum Gasteiger partial charge on any atom is 0.165 e. The second-order valence-corrected chi connectivity index (χ2v) is 5.06. The van der Waals surface area contributed by atoms with E-state index >= 15 is 0 Å². The minimum absolute atomic E-state index is 0. The molecule has 2 rings (SSSR count). The lowest BCUT2D eigenvalue weighted by molar-refractivity contribution is 0.274. The molecule has 0 radical (unpaired) electrons. The van der Waals surface area contributed by atoms with Crippen LogP contribution in [0.25, 0.3) is 0 Å². The highest BCUT2D eigenvalue weighted by Gasteiger charge is 2.11. The summed E-state index contributed by atoms with van der Waals surface area (Å²) in [7, 11) is 0. The quantitative estimate of drug-likeness (QED) is 0.750. The minimum Gasteiger partial charge on any atom is -0.490 e. The highest BCUT2D eigenvalue weighted by Crippen LogP contribution is 2.31. The molecule has 0 spiro atoms. The zero-order valence-electron chi connectivity index (χ0n) is 13.9. The Kier molecular flexibility index (Phi) is 8.51. The highest BCUT2D eigenvalue weighted by atomic mass is 35.5. The van der Waals surface area contributed by atoms with Gasteiger partial charge in [0.1, 0.15) is 5.76 Å². The molecule has 6 heteroatoms. The van der Waals surface area contributed by atoms with Crippen molar-refractivity contribution in [1.82, 2.24) is 10.5 Å². The van der Waals surface area contributed by atoms with Crippen LogP contribution in [0.2, 0.25) is 0 Å². The molecule has 0 unspecified atom stereocenters. The Bertz CT molecular complexity index is 587. The van der Waals surface area contributed by atoms with Crippen LogP contribution >= 0.6 is 12.4 Å². The van der Waals surface area contributed by atoms with E-state index in [1.165, 1.54) is 0 Å². The fraction of sp³-hybridized carbons (Fsp3) is 0.471.